The molecule has 1 aromatic heterocycles. The lowest BCUT2D eigenvalue weighted by atomic mass is 9.56. The van der Waals surface area contributed by atoms with Crippen LogP contribution in [0.4, 0.5) is 10.6 Å². The van der Waals surface area contributed by atoms with Crippen molar-refractivity contribution in [1.29, 1.82) is 0 Å². The molecule has 136 valence electrons. The summed E-state index contributed by atoms with van der Waals surface area (Å²) in [5, 5.41) is 7.00. The van der Waals surface area contributed by atoms with Crippen LogP contribution in [0.5, 0.6) is 0 Å². The van der Waals surface area contributed by atoms with Crippen LogP contribution in [0.25, 0.3) is 0 Å². The van der Waals surface area contributed by atoms with Crippen LogP contribution in [0.1, 0.15) is 41.4 Å². The van der Waals surface area contributed by atoms with Gasteiger partial charge in [-0.15, -0.1) is 0 Å². The Labute approximate surface area is 151 Å². The van der Waals surface area contributed by atoms with Gasteiger partial charge >= 0.3 is 12.0 Å². The van der Waals surface area contributed by atoms with Gasteiger partial charge in [0, 0.05) is 25.1 Å². The standard InChI is InChI=1S/C19H22N4O3/c1-22-14(17(24)26-2)11-15(21-22)20-18(25)23-12-19(9-6-10-19)16(23)13-7-4-3-5-8-13/h3-5,7-8,11,16H,6,9-10,12H2,1-2H3,(H,20,21,25). The molecule has 2 heterocycles. The maximum Gasteiger partial charge on any atom is 0.356 e. The summed E-state index contributed by atoms with van der Waals surface area (Å²) < 4.78 is 6.12. The fraction of sp³-hybridized carbons (Fsp3) is 0.421. The Balaban J connectivity index is 1.52. The third-order valence-corrected chi connectivity index (χ3v) is 5.61. The van der Waals surface area contributed by atoms with Crippen molar-refractivity contribution in [2.24, 2.45) is 12.5 Å². The SMILES string of the molecule is COC(=O)c1cc(NC(=O)N2CC3(CCC3)C2c2ccccc2)nn1C. The van der Waals surface area contributed by atoms with Crippen LogP contribution in [-0.2, 0) is 11.8 Å². The third-order valence-electron chi connectivity index (χ3n) is 5.61. The van der Waals surface area contributed by atoms with Gasteiger partial charge in [0.05, 0.1) is 13.2 Å². The van der Waals surface area contributed by atoms with Crippen LogP contribution in [0.2, 0.25) is 0 Å². The van der Waals surface area contributed by atoms with E-state index in [9.17, 15) is 9.59 Å². The number of aromatic nitrogens is 2. The summed E-state index contributed by atoms with van der Waals surface area (Å²) in [5.74, 6) is -0.140. The van der Waals surface area contributed by atoms with Crippen molar-refractivity contribution in [3.05, 3.63) is 47.7 Å². The molecule has 1 atom stereocenters. The molecule has 7 heteroatoms. The van der Waals surface area contributed by atoms with Gasteiger partial charge in [-0.25, -0.2) is 9.59 Å². The number of anilines is 1. The zero-order valence-corrected chi connectivity index (χ0v) is 14.9. The van der Waals surface area contributed by atoms with Gasteiger partial charge in [0.25, 0.3) is 0 Å². The lowest BCUT2D eigenvalue weighted by Gasteiger charge is -2.62. The highest BCUT2D eigenvalue weighted by Crippen LogP contribution is 2.60. The first-order valence-corrected chi connectivity index (χ1v) is 8.79. The number of esters is 1. The van der Waals surface area contributed by atoms with E-state index in [0.717, 1.165) is 19.4 Å². The highest BCUT2D eigenvalue weighted by atomic mass is 16.5. The van der Waals surface area contributed by atoms with Crippen molar-refractivity contribution in [3.63, 3.8) is 0 Å². The molecule has 1 aliphatic heterocycles. The molecule has 1 spiro atoms. The minimum atomic E-state index is -0.486. The second-order valence-electron chi connectivity index (χ2n) is 7.12. The summed E-state index contributed by atoms with van der Waals surface area (Å²) in [6, 6.07) is 11.6. The van der Waals surface area contributed by atoms with Crippen molar-refractivity contribution in [3.8, 4) is 0 Å². The van der Waals surface area contributed by atoms with E-state index in [1.54, 1.807) is 7.05 Å². The Morgan fingerprint density at radius 2 is 2.00 bits per heavy atom. The molecular formula is C19H22N4O3. The van der Waals surface area contributed by atoms with Gasteiger partial charge in [0.1, 0.15) is 5.69 Å². The number of urea groups is 1. The Kier molecular flexibility index (Phi) is 3.94. The molecule has 1 saturated heterocycles. The first-order valence-electron chi connectivity index (χ1n) is 8.79. The number of carbonyl (C=O) groups excluding carboxylic acids is 2. The van der Waals surface area contributed by atoms with Gasteiger partial charge in [0.2, 0.25) is 0 Å². The predicted octanol–water partition coefficient (Wildman–Crippen LogP) is 2.97. The van der Waals surface area contributed by atoms with Gasteiger partial charge in [-0.2, -0.15) is 5.10 Å². The second kappa shape index (κ2) is 6.16. The maximum atomic E-state index is 12.8. The summed E-state index contributed by atoms with van der Waals surface area (Å²) in [4.78, 5) is 26.4. The van der Waals surface area contributed by atoms with Crippen molar-refractivity contribution in [1.82, 2.24) is 14.7 Å². The van der Waals surface area contributed by atoms with Gasteiger partial charge < -0.3 is 9.64 Å². The largest absolute Gasteiger partial charge is 0.464 e. The van der Waals surface area contributed by atoms with Crippen LogP contribution in [0, 0.1) is 5.41 Å². The Morgan fingerprint density at radius 3 is 2.62 bits per heavy atom. The Bertz CT molecular complexity index is 842. The van der Waals surface area contributed by atoms with Crippen LogP contribution in [-0.4, -0.2) is 40.3 Å². The zero-order valence-electron chi connectivity index (χ0n) is 14.9. The molecule has 2 aliphatic rings. The maximum absolute atomic E-state index is 12.8. The summed E-state index contributed by atoms with van der Waals surface area (Å²) in [6.07, 6.45) is 3.54. The summed E-state index contributed by atoms with van der Waals surface area (Å²) in [6.45, 7) is 0.759. The average Bonchev–Trinajstić information content (AvgIpc) is 2.93. The average molecular weight is 354 g/mol. The molecule has 1 N–H and O–H groups in total. The van der Waals surface area contributed by atoms with E-state index in [-0.39, 0.29) is 17.5 Å². The molecule has 1 unspecified atom stereocenters. The van der Waals surface area contributed by atoms with Crippen molar-refractivity contribution < 1.29 is 14.3 Å². The fourth-order valence-electron chi connectivity index (χ4n) is 4.16. The number of methoxy groups -OCH3 is 1. The lowest BCUT2D eigenvalue weighted by Crippen LogP contribution is -2.64. The second-order valence-corrected chi connectivity index (χ2v) is 7.12. The lowest BCUT2D eigenvalue weighted by molar-refractivity contribution is -0.0970. The molecule has 2 fully saturated rings. The number of hydrogen-bond acceptors (Lipinski definition) is 4. The monoisotopic (exact) mass is 354 g/mol. The van der Waals surface area contributed by atoms with E-state index < -0.39 is 5.97 Å². The molecule has 1 aliphatic carbocycles. The van der Waals surface area contributed by atoms with Gasteiger partial charge in [-0.05, 0) is 18.4 Å². The molecular weight excluding hydrogens is 332 g/mol. The van der Waals surface area contributed by atoms with Gasteiger partial charge in [0.15, 0.2) is 5.82 Å². The highest BCUT2D eigenvalue weighted by Gasteiger charge is 2.58. The summed E-state index contributed by atoms with van der Waals surface area (Å²) in [7, 11) is 2.96. The van der Waals surface area contributed by atoms with E-state index in [1.807, 2.05) is 23.1 Å². The van der Waals surface area contributed by atoms with E-state index in [0.29, 0.717) is 11.5 Å². The van der Waals surface area contributed by atoms with Crippen molar-refractivity contribution in [2.75, 3.05) is 19.0 Å². The first-order chi connectivity index (χ1) is 12.5. The van der Waals surface area contributed by atoms with Crippen molar-refractivity contribution in [2.45, 2.75) is 25.3 Å². The molecule has 1 aromatic carbocycles. The smallest absolute Gasteiger partial charge is 0.356 e. The molecule has 2 aromatic rings. The Morgan fingerprint density at radius 1 is 1.27 bits per heavy atom. The number of nitrogens with zero attached hydrogens (tertiary/aromatic N) is 3. The molecule has 0 bridgehead atoms. The molecule has 1 saturated carbocycles. The van der Waals surface area contributed by atoms with Crippen LogP contribution in [0.3, 0.4) is 0 Å². The van der Waals surface area contributed by atoms with Crippen LogP contribution >= 0.6 is 0 Å². The quantitative estimate of drug-likeness (QED) is 0.860. The summed E-state index contributed by atoms with van der Waals surface area (Å²) in [5.41, 5.74) is 1.69. The number of likely N-dealkylation sites (tertiary alicyclic amines) is 1. The normalized spacial score (nSPS) is 20.2. The number of benzene rings is 1. The topological polar surface area (TPSA) is 76.5 Å². The number of rotatable bonds is 3. The fourth-order valence-corrected chi connectivity index (χ4v) is 4.16. The van der Waals surface area contributed by atoms with E-state index in [2.05, 4.69) is 22.5 Å². The molecule has 26 heavy (non-hydrogen) atoms. The zero-order chi connectivity index (χ0) is 18.3. The third kappa shape index (κ3) is 2.55. The highest BCUT2D eigenvalue weighted by molar-refractivity contribution is 5.92. The van der Waals surface area contributed by atoms with Crippen LogP contribution < -0.4 is 5.32 Å². The molecule has 0 radical (unpaired) electrons. The van der Waals surface area contributed by atoms with E-state index >= 15 is 0 Å². The number of ether oxygens (including phenoxy) is 1. The van der Waals surface area contributed by atoms with Crippen molar-refractivity contribution >= 4 is 17.8 Å². The summed E-state index contributed by atoms with van der Waals surface area (Å²) >= 11 is 0. The van der Waals surface area contributed by atoms with Gasteiger partial charge in [-0.1, -0.05) is 36.8 Å². The van der Waals surface area contributed by atoms with Crippen LogP contribution in [0.15, 0.2) is 36.4 Å². The first kappa shape index (κ1) is 16.6. The number of amides is 2. The number of nitrogens with one attached hydrogen (secondary N) is 1. The van der Waals surface area contributed by atoms with E-state index in [1.165, 1.54) is 29.8 Å². The molecule has 7 nitrogen and oxygen atoms in total. The van der Waals surface area contributed by atoms with Gasteiger partial charge in [-0.3, -0.25) is 10.00 Å². The molecule has 4 rings (SSSR count). The minimum absolute atomic E-state index is 0.0984. The minimum Gasteiger partial charge on any atom is -0.464 e. The number of aryl methyl sites for hydroxylation is 1. The number of carbonyl (C=O) groups is 2. The number of hydrogen-bond donors (Lipinski definition) is 1. The predicted molar refractivity (Wildman–Crippen MR) is 95.7 cm³/mol. The molecule has 2 amide bonds. The Hall–Kier alpha value is -2.83. The van der Waals surface area contributed by atoms with E-state index in [4.69, 9.17) is 4.74 Å².